The van der Waals surface area contributed by atoms with Crippen molar-refractivity contribution in [2.45, 2.75) is 0 Å². The van der Waals surface area contributed by atoms with Gasteiger partial charge in [0.25, 0.3) is 0 Å². The molecule has 0 saturated carbocycles. The van der Waals surface area contributed by atoms with Crippen LogP contribution in [0.5, 0.6) is 5.75 Å². The number of fused-ring (bicyclic) bond motifs is 1. The summed E-state index contributed by atoms with van der Waals surface area (Å²) in [5.41, 5.74) is 0. The third kappa shape index (κ3) is 4.67. The molecule has 0 aliphatic carbocycles. The Balaban J connectivity index is 1.82. The van der Waals surface area contributed by atoms with Gasteiger partial charge in [0.05, 0.1) is 19.0 Å². The summed E-state index contributed by atoms with van der Waals surface area (Å²) in [6.07, 6.45) is 0. The van der Waals surface area contributed by atoms with Gasteiger partial charge in [-0.25, -0.2) is 8.42 Å². The van der Waals surface area contributed by atoms with Crippen LogP contribution in [-0.2, 0) is 13.8 Å². The minimum absolute atomic E-state index is 0.0741. The van der Waals surface area contributed by atoms with E-state index in [0.29, 0.717) is 13.2 Å². The Morgan fingerprint density at radius 3 is 2.50 bits per heavy atom. The molecular weight excluding hydrogens is 300 g/mol. The first kappa shape index (κ1) is 15.1. The van der Waals surface area contributed by atoms with Crippen LogP contribution < -0.4 is 4.74 Å². The molecule has 0 fully saturated rings. The molecule has 0 saturated heterocycles. The summed E-state index contributed by atoms with van der Waals surface area (Å²) >= 11 is 0. The van der Waals surface area contributed by atoms with E-state index in [1.165, 1.54) is 0 Å². The van der Waals surface area contributed by atoms with Gasteiger partial charge in [0.15, 0.2) is 0 Å². The van der Waals surface area contributed by atoms with Gasteiger partial charge < -0.3 is 9.47 Å². The second-order valence-electron chi connectivity index (χ2n) is 4.18. The number of halogens is 1. The SMILES string of the molecule is O=S(=O)(Cl)CCOCCOc1cccc2ccccc12. The molecule has 0 heterocycles. The summed E-state index contributed by atoms with van der Waals surface area (Å²) < 4.78 is 32.2. The molecule has 0 bridgehead atoms. The molecule has 0 atom stereocenters. The minimum Gasteiger partial charge on any atom is -0.491 e. The Labute approximate surface area is 122 Å². The molecule has 4 nitrogen and oxygen atoms in total. The van der Waals surface area contributed by atoms with E-state index < -0.39 is 9.05 Å². The third-order valence-electron chi connectivity index (χ3n) is 2.71. The molecule has 2 rings (SSSR count). The first-order valence-electron chi connectivity index (χ1n) is 6.17. The number of ether oxygens (including phenoxy) is 2. The van der Waals surface area contributed by atoms with Crippen LogP contribution in [-0.4, -0.2) is 34.0 Å². The van der Waals surface area contributed by atoms with Crippen molar-refractivity contribution in [3.63, 3.8) is 0 Å². The van der Waals surface area contributed by atoms with Crippen LogP contribution in [0, 0.1) is 0 Å². The first-order chi connectivity index (χ1) is 9.56. The zero-order valence-corrected chi connectivity index (χ0v) is 12.4. The molecular formula is C14H15ClO4S. The summed E-state index contributed by atoms with van der Waals surface area (Å²) in [7, 11) is 1.58. The van der Waals surface area contributed by atoms with Gasteiger partial charge in [0.1, 0.15) is 12.4 Å². The smallest absolute Gasteiger partial charge is 0.234 e. The first-order valence-corrected chi connectivity index (χ1v) is 8.65. The van der Waals surface area contributed by atoms with Crippen molar-refractivity contribution < 1.29 is 17.9 Å². The third-order valence-corrected chi connectivity index (χ3v) is 3.82. The Kier molecular flexibility index (Phi) is 5.23. The van der Waals surface area contributed by atoms with Crippen LogP contribution in [0.1, 0.15) is 0 Å². The number of benzene rings is 2. The van der Waals surface area contributed by atoms with E-state index in [4.69, 9.17) is 20.2 Å². The van der Waals surface area contributed by atoms with Crippen molar-refractivity contribution >= 4 is 30.5 Å². The van der Waals surface area contributed by atoms with Crippen molar-refractivity contribution in [3.05, 3.63) is 42.5 Å². The van der Waals surface area contributed by atoms with Crippen molar-refractivity contribution in [1.82, 2.24) is 0 Å². The maximum Gasteiger partial charge on any atom is 0.234 e. The molecule has 0 spiro atoms. The standard InChI is InChI=1S/C14H15ClO4S/c15-20(16,17)11-10-18-8-9-19-14-7-3-5-12-4-1-2-6-13(12)14/h1-7H,8-11H2. The molecule has 2 aromatic carbocycles. The number of rotatable bonds is 7. The Hall–Kier alpha value is -1.30. The van der Waals surface area contributed by atoms with Crippen LogP contribution in [0.4, 0.5) is 0 Å². The van der Waals surface area contributed by atoms with Gasteiger partial charge in [0, 0.05) is 16.1 Å². The predicted molar refractivity (Wildman–Crippen MR) is 79.9 cm³/mol. The average Bonchev–Trinajstić information content (AvgIpc) is 2.41. The lowest BCUT2D eigenvalue weighted by atomic mass is 10.1. The second-order valence-corrected chi connectivity index (χ2v) is 7.08. The fraction of sp³-hybridized carbons (Fsp3) is 0.286. The quantitative estimate of drug-likeness (QED) is 0.582. The Bertz CT molecular complexity index is 664. The lowest BCUT2D eigenvalue weighted by Crippen LogP contribution is -2.12. The lowest BCUT2D eigenvalue weighted by molar-refractivity contribution is 0.112. The normalized spacial score (nSPS) is 11.7. The zero-order chi connectivity index (χ0) is 14.4. The summed E-state index contributed by atoms with van der Waals surface area (Å²) in [4.78, 5) is 0. The van der Waals surface area contributed by atoms with E-state index in [2.05, 4.69) is 0 Å². The number of hydrogen-bond acceptors (Lipinski definition) is 4. The van der Waals surface area contributed by atoms with Crippen LogP contribution >= 0.6 is 10.7 Å². The average molecular weight is 315 g/mol. The van der Waals surface area contributed by atoms with Crippen molar-refractivity contribution in [2.75, 3.05) is 25.6 Å². The van der Waals surface area contributed by atoms with E-state index in [-0.39, 0.29) is 12.4 Å². The molecule has 20 heavy (non-hydrogen) atoms. The fourth-order valence-electron chi connectivity index (χ4n) is 1.79. The van der Waals surface area contributed by atoms with Crippen molar-refractivity contribution in [1.29, 1.82) is 0 Å². The van der Waals surface area contributed by atoms with E-state index in [0.717, 1.165) is 16.5 Å². The maximum absolute atomic E-state index is 10.7. The van der Waals surface area contributed by atoms with Gasteiger partial charge in [-0.3, -0.25) is 0 Å². The molecule has 0 aliphatic heterocycles. The molecule has 0 radical (unpaired) electrons. The highest BCUT2D eigenvalue weighted by atomic mass is 35.7. The highest BCUT2D eigenvalue weighted by Crippen LogP contribution is 2.24. The van der Waals surface area contributed by atoms with E-state index in [1.54, 1.807) is 0 Å². The molecule has 6 heteroatoms. The Morgan fingerprint density at radius 1 is 0.950 bits per heavy atom. The molecule has 0 aromatic heterocycles. The Morgan fingerprint density at radius 2 is 1.70 bits per heavy atom. The van der Waals surface area contributed by atoms with Gasteiger partial charge in [0.2, 0.25) is 9.05 Å². The largest absolute Gasteiger partial charge is 0.491 e. The summed E-state index contributed by atoms with van der Waals surface area (Å²) in [5.74, 6) is 0.597. The highest BCUT2D eigenvalue weighted by Gasteiger charge is 2.04. The lowest BCUT2D eigenvalue weighted by Gasteiger charge is -2.09. The van der Waals surface area contributed by atoms with E-state index in [1.807, 2.05) is 42.5 Å². The van der Waals surface area contributed by atoms with Crippen molar-refractivity contribution in [3.8, 4) is 5.75 Å². The molecule has 0 N–H and O–H groups in total. The predicted octanol–water partition coefficient (Wildman–Crippen LogP) is 2.80. The van der Waals surface area contributed by atoms with Gasteiger partial charge in [-0.05, 0) is 11.5 Å². The molecule has 108 valence electrons. The van der Waals surface area contributed by atoms with Gasteiger partial charge in [-0.1, -0.05) is 36.4 Å². The van der Waals surface area contributed by atoms with Gasteiger partial charge in [-0.2, -0.15) is 0 Å². The summed E-state index contributed by atoms with van der Waals surface area (Å²) in [6.45, 7) is 0.747. The number of hydrogen-bond donors (Lipinski definition) is 0. The minimum atomic E-state index is -3.49. The zero-order valence-electron chi connectivity index (χ0n) is 10.8. The topological polar surface area (TPSA) is 52.6 Å². The van der Waals surface area contributed by atoms with Crippen molar-refractivity contribution in [2.24, 2.45) is 0 Å². The molecule has 0 aliphatic rings. The summed E-state index contributed by atoms with van der Waals surface area (Å²) in [6, 6.07) is 13.8. The summed E-state index contributed by atoms with van der Waals surface area (Å²) in [5, 5.41) is 2.15. The molecule has 2 aromatic rings. The molecule has 0 unspecified atom stereocenters. The van der Waals surface area contributed by atoms with Crippen LogP contribution in [0.2, 0.25) is 0 Å². The fourth-order valence-corrected chi connectivity index (χ4v) is 2.30. The second kappa shape index (κ2) is 6.92. The monoisotopic (exact) mass is 314 g/mol. The van der Waals surface area contributed by atoms with Gasteiger partial charge in [-0.15, -0.1) is 0 Å². The maximum atomic E-state index is 10.7. The van der Waals surface area contributed by atoms with E-state index >= 15 is 0 Å². The van der Waals surface area contributed by atoms with Crippen LogP contribution in [0.25, 0.3) is 10.8 Å². The van der Waals surface area contributed by atoms with Crippen LogP contribution in [0.3, 0.4) is 0 Å². The van der Waals surface area contributed by atoms with E-state index in [9.17, 15) is 8.42 Å². The molecule has 0 amide bonds. The van der Waals surface area contributed by atoms with Crippen LogP contribution in [0.15, 0.2) is 42.5 Å². The van der Waals surface area contributed by atoms with Gasteiger partial charge >= 0.3 is 0 Å². The highest BCUT2D eigenvalue weighted by molar-refractivity contribution is 8.13.